The van der Waals surface area contributed by atoms with Crippen molar-refractivity contribution in [3.05, 3.63) is 186 Å². The normalized spacial score (nSPS) is 17.0. The van der Waals surface area contributed by atoms with Crippen molar-refractivity contribution in [1.29, 1.82) is 0 Å². The smallest absolute Gasteiger partial charge is 0.295 e. The lowest BCUT2D eigenvalue weighted by atomic mass is 9.76. The van der Waals surface area contributed by atoms with Gasteiger partial charge in [0.1, 0.15) is 23.0 Å². The average Bonchev–Trinajstić information content (AvgIpc) is 3.68. The summed E-state index contributed by atoms with van der Waals surface area (Å²) in [7, 11) is -3.17. The van der Waals surface area contributed by atoms with Gasteiger partial charge in [0.15, 0.2) is 0 Å². The van der Waals surface area contributed by atoms with E-state index in [1.807, 2.05) is 97.1 Å². The molecule has 0 saturated heterocycles. The fourth-order valence-electron chi connectivity index (χ4n) is 7.20. The van der Waals surface area contributed by atoms with Crippen LogP contribution in [0.5, 0.6) is 23.0 Å². The second-order valence-corrected chi connectivity index (χ2v) is 19.2. The zero-order chi connectivity index (χ0) is 35.0. The lowest BCUT2D eigenvalue weighted by Crippen LogP contribution is -2.45. The Morgan fingerprint density at radius 3 is 0.961 bits per heavy atom. The Hall–Kier alpha value is -2.70. The van der Waals surface area contributed by atoms with Gasteiger partial charge in [-0.25, -0.2) is 0 Å². The number of rotatable bonds is 10. The van der Waals surface area contributed by atoms with E-state index in [0.29, 0.717) is 0 Å². The first-order chi connectivity index (χ1) is 24.9. The van der Waals surface area contributed by atoms with E-state index < -0.39 is 22.2 Å². The van der Waals surface area contributed by atoms with Crippen molar-refractivity contribution in [3.8, 4) is 23.0 Å². The number of benzene rings is 6. The second kappa shape index (κ2) is 15.3. The van der Waals surface area contributed by atoms with Crippen LogP contribution in [0.2, 0.25) is 0 Å². The SMILES string of the molecule is Brc1ccc(OP(Oc2ccc(Br)cc2)[C@H]2Cc3ccccc3C23c2ccccc2C[C@@H]3P(Oc2ccc(Br)cc2)Oc2ccc(Br)cc2)cc1. The Labute approximate surface area is 334 Å². The Morgan fingerprint density at radius 2 is 0.667 bits per heavy atom. The largest absolute Gasteiger partial charge is 0.438 e. The highest BCUT2D eigenvalue weighted by Gasteiger charge is 2.64. The van der Waals surface area contributed by atoms with Crippen molar-refractivity contribution in [3.63, 3.8) is 0 Å². The van der Waals surface area contributed by atoms with E-state index in [1.165, 1.54) is 22.3 Å². The zero-order valence-electron chi connectivity index (χ0n) is 27.0. The molecular formula is C41H30Br4O4P2. The molecule has 0 unspecified atom stereocenters. The van der Waals surface area contributed by atoms with Crippen LogP contribution in [0.1, 0.15) is 22.3 Å². The van der Waals surface area contributed by atoms with Crippen LogP contribution in [0, 0.1) is 0 Å². The molecule has 0 amide bonds. The molecule has 2 aliphatic carbocycles. The predicted octanol–water partition coefficient (Wildman–Crippen LogP) is 13.8. The Balaban J connectivity index is 1.31. The van der Waals surface area contributed by atoms with Gasteiger partial charge in [0.05, 0.1) is 11.3 Å². The van der Waals surface area contributed by atoms with Gasteiger partial charge >= 0.3 is 0 Å². The lowest BCUT2D eigenvalue weighted by Gasteiger charge is -2.42. The Morgan fingerprint density at radius 1 is 0.392 bits per heavy atom. The first-order valence-electron chi connectivity index (χ1n) is 16.4. The van der Waals surface area contributed by atoms with Gasteiger partial charge in [-0.05, 0) is 132 Å². The zero-order valence-corrected chi connectivity index (χ0v) is 35.1. The molecule has 51 heavy (non-hydrogen) atoms. The first kappa shape index (κ1) is 35.3. The minimum atomic E-state index is -1.59. The minimum absolute atomic E-state index is 0.0853. The third kappa shape index (κ3) is 7.30. The van der Waals surface area contributed by atoms with E-state index in [9.17, 15) is 0 Å². The molecule has 6 aromatic carbocycles. The fourth-order valence-corrected chi connectivity index (χ4v) is 12.5. The predicted molar refractivity (Wildman–Crippen MR) is 222 cm³/mol. The number of hydrogen-bond acceptors (Lipinski definition) is 4. The third-order valence-electron chi connectivity index (χ3n) is 9.35. The Bertz CT molecular complexity index is 1880. The molecule has 0 N–H and O–H groups in total. The third-order valence-corrected chi connectivity index (χ3v) is 15.2. The van der Waals surface area contributed by atoms with Crippen LogP contribution in [0.15, 0.2) is 163 Å². The van der Waals surface area contributed by atoms with E-state index >= 15 is 0 Å². The number of halogens is 4. The van der Waals surface area contributed by atoms with Crippen molar-refractivity contribution in [2.24, 2.45) is 0 Å². The van der Waals surface area contributed by atoms with Gasteiger partial charge in [-0.3, -0.25) is 0 Å². The highest BCUT2D eigenvalue weighted by atomic mass is 79.9. The molecule has 8 rings (SSSR count). The maximum Gasteiger partial charge on any atom is 0.295 e. The van der Waals surface area contributed by atoms with E-state index in [1.54, 1.807) is 0 Å². The lowest BCUT2D eigenvalue weighted by molar-refractivity contribution is 0.401. The highest BCUT2D eigenvalue weighted by molar-refractivity contribution is 9.11. The summed E-state index contributed by atoms with van der Waals surface area (Å²) < 4.78 is 32.1. The molecule has 1 spiro atoms. The van der Waals surface area contributed by atoms with Gasteiger partial charge in [0.25, 0.3) is 16.8 Å². The van der Waals surface area contributed by atoms with Gasteiger partial charge in [-0.2, -0.15) is 0 Å². The quantitative estimate of drug-likeness (QED) is 0.128. The van der Waals surface area contributed by atoms with E-state index in [4.69, 9.17) is 18.1 Å². The summed E-state index contributed by atoms with van der Waals surface area (Å²) in [5.74, 6) is 3.04. The molecule has 0 heterocycles. The van der Waals surface area contributed by atoms with Crippen LogP contribution >= 0.6 is 80.5 Å². The van der Waals surface area contributed by atoms with Crippen molar-refractivity contribution in [2.45, 2.75) is 29.6 Å². The summed E-state index contributed by atoms with van der Waals surface area (Å²) >= 11 is 14.4. The van der Waals surface area contributed by atoms with E-state index in [2.05, 4.69) is 112 Å². The molecule has 0 aromatic heterocycles. The maximum absolute atomic E-state index is 7.04. The van der Waals surface area contributed by atoms with Crippen LogP contribution in [0.4, 0.5) is 0 Å². The molecule has 0 bridgehead atoms. The molecule has 2 aliphatic rings. The van der Waals surface area contributed by atoms with Crippen molar-refractivity contribution in [1.82, 2.24) is 0 Å². The van der Waals surface area contributed by atoms with Gasteiger partial charge in [0.2, 0.25) is 0 Å². The molecule has 2 atom stereocenters. The molecule has 0 saturated carbocycles. The van der Waals surface area contributed by atoms with Gasteiger partial charge < -0.3 is 18.1 Å². The maximum atomic E-state index is 7.04. The van der Waals surface area contributed by atoms with Crippen LogP contribution in [-0.4, -0.2) is 11.3 Å². The van der Waals surface area contributed by atoms with Crippen LogP contribution in [0.3, 0.4) is 0 Å². The topological polar surface area (TPSA) is 36.9 Å². The summed E-state index contributed by atoms with van der Waals surface area (Å²) in [6.07, 6.45) is 1.55. The summed E-state index contributed by atoms with van der Waals surface area (Å²) in [5.41, 5.74) is 4.43. The summed E-state index contributed by atoms with van der Waals surface area (Å²) in [4.78, 5) is 0. The summed E-state index contributed by atoms with van der Waals surface area (Å²) in [6, 6.07) is 49.7. The molecule has 0 aliphatic heterocycles. The second-order valence-electron chi connectivity index (χ2n) is 12.4. The summed E-state index contributed by atoms with van der Waals surface area (Å²) in [6.45, 7) is 0. The summed E-state index contributed by atoms with van der Waals surface area (Å²) in [5, 5.41) is 0. The number of fused-ring (bicyclic) bond motifs is 4. The molecule has 6 aromatic rings. The molecular weight excluding hydrogens is 938 g/mol. The van der Waals surface area contributed by atoms with Gasteiger partial charge in [-0.1, -0.05) is 112 Å². The van der Waals surface area contributed by atoms with Crippen LogP contribution in [0.25, 0.3) is 0 Å². The minimum Gasteiger partial charge on any atom is -0.438 e. The monoisotopic (exact) mass is 964 g/mol. The molecule has 0 fully saturated rings. The Kier molecular flexibility index (Phi) is 10.6. The average molecular weight is 968 g/mol. The van der Waals surface area contributed by atoms with Crippen molar-refractivity contribution < 1.29 is 18.1 Å². The van der Waals surface area contributed by atoms with Gasteiger partial charge in [0, 0.05) is 23.3 Å². The van der Waals surface area contributed by atoms with E-state index in [0.717, 1.165) is 53.7 Å². The fraction of sp³-hybridized carbons (Fsp3) is 0.122. The van der Waals surface area contributed by atoms with Crippen LogP contribution in [-0.2, 0) is 18.3 Å². The first-order valence-corrected chi connectivity index (χ1v) is 22.0. The number of hydrogen-bond donors (Lipinski definition) is 0. The van der Waals surface area contributed by atoms with E-state index in [-0.39, 0.29) is 11.3 Å². The standard InChI is InChI=1S/C41H30Br4O4P2/c42-29-9-17-33(18-10-29)46-50(47-34-19-11-30(43)12-20-34)39-25-27-5-1-3-7-37(27)41(39)38-8-4-2-6-28(38)26-40(41)51(48-35-21-13-31(44)14-22-35)49-36-23-15-32(45)16-24-36/h1-24,39-40H,25-26H2/t39-,40-,41?/m0/s1. The molecule has 0 radical (unpaired) electrons. The van der Waals surface area contributed by atoms with Crippen molar-refractivity contribution >= 4 is 80.5 Å². The highest BCUT2D eigenvalue weighted by Crippen LogP contribution is 2.69. The van der Waals surface area contributed by atoms with Crippen LogP contribution < -0.4 is 18.1 Å². The van der Waals surface area contributed by atoms with Gasteiger partial charge in [-0.15, -0.1) is 0 Å². The molecule has 4 nitrogen and oxygen atoms in total. The van der Waals surface area contributed by atoms with Crippen molar-refractivity contribution in [2.75, 3.05) is 0 Å². The molecule has 256 valence electrons. The molecule has 10 heteroatoms.